The Bertz CT molecular complexity index is 852. The number of rotatable bonds is 0. The average Bonchev–Trinajstić information content (AvgIpc) is 2.54. The Morgan fingerprint density at radius 3 is 1.73 bits per heavy atom. The summed E-state index contributed by atoms with van der Waals surface area (Å²) in [5, 5.41) is 0. The van der Waals surface area contributed by atoms with Crippen molar-refractivity contribution >= 4 is 53.9 Å². The molecule has 0 fully saturated rings. The van der Waals surface area contributed by atoms with Crippen molar-refractivity contribution in [2.45, 2.75) is 19.6 Å². The summed E-state index contributed by atoms with van der Waals surface area (Å²) in [6, 6.07) is 21.3. The average molecular weight is 315 g/mol. The monoisotopic (exact) mass is 315 g/mol. The molecule has 0 unspecified atom stereocenters. The van der Waals surface area contributed by atoms with Crippen LogP contribution in [0.5, 0.6) is 0 Å². The lowest BCUT2D eigenvalue weighted by Gasteiger charge is -2.38. The Balaban J connectivity index is 1.88. The van der Waals surface area contributed by atoms with Gasteiger partial charge in [0, 0.05) is 19.6 Å². The molecular weight excluding hydrogens is 305 g/mol. The highest BCUT2D eigenvalue weighted by molar-refractivity contribution is 8.00. The molecule has 3 aromatic rings. The topological polar surface area (TPSA) is 3.24 Å². The third-order valence-electron chi connectivity index (χ3n) is 3.94. The number of hydrogen-bond acceptors (Lipinski definition) is 3. The summed E-state index contributed by atoms with van der Waals surface area (Å²) in [4.78, 5) is 7.38. The first kappa shape index (κ1) is 12.7. The lowest BCUT2D eigenvalue weighted by molar-refractivity contribution is 1.09. The summed E-state index contributed by atoms with van der Waals surface area (Å²) in [5.74, 6) is 0. The van der Waals surface area contributed by atoms with Gasteiger partial charge < -0.3 is 4.90 Å². The summed E-state index contributed by atoms with van der Waals surface area (Å²) >= 11 is 3.61. The van der Waals surface area contributed by atoms with E-state index in [0.717, 1.165) is 5.46 Å². The molecule has 0 atom stereocenters. The van der Waals surface area contributed by atoms with E-state index >= 15 is 0 Å². The van der Waals surface area contributed by atoms with Gasteiger partial charge in [-0.2, -0.15) is 0 Å². The largest absolute Gasteiger partial charge is 0.306 e. The molecule has 0 bridgehead atoms. The minimum atomic E-state index is 0.826. The van der Waals surface area contributed by atoms with Gasteiger partial charge in [-0.15, -0.1) is 0 Å². The van der Waals surface area contributed by atoms with Gasteiger partial charge in [-0.1, -0.05) is 65.4 Å². The molecule has 0 N–H and O–H groups in total. The smallest absolute Gasteiger partial charge is 0.113 e. The molecular formula is C18H10BNS2. The normalized spacial score (nSPS) is 14.1. The SMILES string of the molecule is [B]c1cc2c3c(c1)Sc1ccccc1N3c1ccccc1S2. The fourth-order valence-electron chi connectivity index (χ4n) is 3.04. The van der Waals surface area contributed by atoms with E-state index in [1.807, 2.05) is 0 Å². The quantitative estimate of drug-likeness (QED) is 0.375. The van der Waals surface area contributed by atoms with Gasteiger partial charge in [0.05, 0.1) is 17.1 Å². The van der Waals surface area contributed by atoms with Crippen molar-refractivity contribution in [2.24, 2.45) is 0 Å². The summed E-state index contributed by atoms with van der Waals surface area (Å²) < 4.78 is 0. The van der Waals surface area contributed by atoms with E-state index in [1.54, 1.807) is 23.5 Å². The fraction of sp³-hybridized carbons (Fsp3) is 0. The van der Waals surface area contributed by atoms with Crippen LogP contribution in [0.2, 0.25) is 0 Å². The van der Waals surface area contributed by atoms with Crippen molar-refractivity contribution in [3.05, 3.63) is 60.7 Å². The van der Waals surface area contributed by atoms with Gasteiger partial charge in [-0.25, -0.2) is 0 Å². The van der Waals surface area contributed by atoms with Crippen LogP contribution in [-0.4, -0.2) is 7.85 Å². The Labute approximate surface area is 139 Å². The van der Waals surface area contributed by atoms with E-state index in [1.165, 1.54) is 36.6 Å². The highest BCUT2D eigenvalue weighted by Gasteiger charge is 2.32. The zero-order valence-electron chi connectivity index (χ0n) is 11.6. The molecule has 0 spiro atoms. The summed E-state index contributed by atoms with van der Waals surface area (Å²) in [7, 11) is 6.12. The Kier molecular flexibility index (Phi) is 2.67. The van der Waals surface area contributed by atoms with Gasteiger partial charge in [0.2, 0.25) is 0 Å². The van der Waals surface area contributed by atoms with Crippen LogP contribution in [-0.2, 0) is 0 Å². The molecule has 0 aromatic heterocycles. The van der Waals surface area contributed by atoms with Crippen molar-refractivity contribution in [2.75, 3.05) is 4.90 Å². The van der Waals surface area contributed by atoms with Crippen molar-refractivity contribution in [1.29, 1.82) is 0 Å². The molecule has 0 amide bonds. The highest BCUT2D eigenvalue weighted by atomic mass is 32.2. The molecule has 0 saturated carbocycles. The Hall–Kier alpha value is -1.78. The predicted molar refractivity (Wildman–Crippen MR) is 94.8 cm³/mol. The number of hydrogen-bond donors (Lipinski definition) is 0. The molecule has 0 aliphatic carbocycles. The first-order valence-electron chi connectivity index (χ1n) is 7.09. The Morgan fingerprint density at radius 2 is 1.18 bits per heavy atom. The van der Waals surface area contributed by atoms with Crippen molar-refractivity contribution in [3.63, 3.8) is 0 Å². The van der Waals surface area contributed by atoms with E-state index in [-0.39, 0.29) is 0 Å². The molecule has 22 heavy (non-hydrogen) atoms. The fourth-order valence-corrected chi connectivity index (χ4v) is 5.39. The summed E-state index contributed by atoms with van der Waals surface area (Å²) in [6.45, 7) is 0. The Morgan fingerprint density at radius 1 is 0.682 bits per heavy atom. The summed E-state index contributed by atoms with van der Waals surface area (Å²) in [6.07, 6.45) is 0. The lowest BCUT2D eigenvalue weighted by Crippen LogP contribution is -2.20. The first-order chi connectivity index (χ1) is 10.8. The molecule has 4 heteroatoms. The van der Waals surface area contributed by atoms with Gasteiger partial charge in [0.25, 0.3) is 0 Å². The van der Waals surface area contributed by atoms with Gasteiger partial charge in [0.15, 0.2) is 0 Å². The molecule has 1 nitrogen and oxygen atoms in total. The number of nitrogens with zero attached hydrogens (tertiary/aromatic N) is 1. The van der Waals surface area contributed by atoms with E-state index < -0.39 is 0 Å². The van der Waals surface area contributed by atoms with Gasteiger partial charge >= 0.3 is 0 Å². The molecule has 2 aliphatic heterocycles. The van der Waals surface area contributed by atoms with Crippen LogP contribution in [0.25, 0.3) is 0 Å². The van der Waals surface area contributed by atoms with Crippen molar-refractivity contribution in [3.8, 4) is 0 Å². The van der Waals surface area contributed by atoms with E-state index in [4.69, 9.17) is 7.85 Å². The van der Waals surface area contributed by atoms with E-state index in [2.05, 4.69) is 65.6 Å². The summed E-state index contributed by atoms with van der Waals surface area (Å²) in [5.41, 5.74) is 4.59. The van der Waals surface area contributed by atoms with Crippen molar-refractivity contribution < 1.29 is 0 Å². The van der Waals surface area contributed by atoms with Crippen LogP contribution < -0.4 is 10.4 Å². The second kappa shape index (κ2) is 4.61. The number of fused-ring (bicyclic) bond motifs is 4. The second-order valence-corrected chi connectivity index (χ2v) is 7.51. The van der Waals surface area contributed by atoms with Crippen LogP contribution in [0.1, 0.15) is 0 Å². The zero-order valence-corrected chi connectivity index (χ0v) is 13.2. The maximum atomic E-state index is 6.12. The molecule has 102 valence electrons. The number of anilines is 3. The zero-order chi connectivity index (χ0) is 14.7. The molecule has 2 radical (unpaired) electrons. The molecule has 0 saturated heterocycles. The van der Waals surface area contributed by atoms with Crippen LogP contribution in [0.3, 0.4) is 0 Å². The predicted octanol–water partition coefficient (Wildman–Crippen LogP) is 4.88. The minimum Gasteiger partial charge on any atom is -0.306 e. The van der Waals surface area contributed by atoms with Crippen LogP contribution in [0, 0.1) is 0 Å². The first-order valence-corrected chi connectivity index (χ1v) is 8.72. The second-order valence-electron chi connectivity index (χ2n) is 5.34. The molecule has 2 aliphatic rings. The van der Waals surface area contributed by atoms with Gasteiger partial charge in [-0.3, -0.25) is 0 Å². The van der Waals surface area contributed by atoms with Crippen molar-refractivity contribution in [1.82, 2.24) is 0 Å². The molecule has 5 rings (SSSR count). The van der Waals surface area contributed by atoms with Crippen LogP contribution >= 0.6 is 23.5 Å². The number of benzene rings is 3. The van der Waals surface area contributed by atoms with Gasteiger partial charge in [-0.05, 0) is 24.3 Å². The van der Waals surface area contributed by atoms with E-state index in [0.29, 0.717) is 0 Å². The maximum absolute atomic E-state index is 6.12. The van der Waals surface area contributed by atoms with Crippen LogP contribution in [0.15, 0.2) is 80.2 Å². The van der Waals surface area contributed by atoms with Crippen LogP contribution in [0.4, 0.5) is 17.1 Å². The van der Waals surface area contributed by atoms with E-state index in [9.17, 15) is 0 Å². The minimum absolute atomic E-state index is 0.826. The number of para-hydroxylation sites is 2. The third kappa shape index (κ3) is 1.71. The molecule has 3 aromatic carbocycles. The third-order valence-corrected chi connectivity index (χ3v) is 6.13. The highest BCUT2D eigenvalue weighted by Crippen LogP contribution is 2.59. The van der Waals surface area contributed by atoms with Gasteiger partial charge in [0.1, 0.15) is 7.85 Å². The standard InChI is InChI=1S/C18H10BNS2/c19-11-9-16-18-17(10-11)22-15-8-4-2-6-13(15)20(18)12-5-1-3-7-14(12)21-16/h1-10H. The molecule has 2 heterocycles. The maximum Gasteiger partial charge on any atom is 0.113 e. The lowest BCUT2D eigenvalue weighted by atomic mass is 9.95.